The summed E-state index contributed by atoms with van der Waals surface area (Å²) in [6.07, 6.45) is 2.43. The number of carboxylic acids is 1. The molecule has 1 aliphatic heterocycles. The summed E-state index contributed by atoms with van der Waals surface area (Å²) in [6.45, 7) is 3.52. The third-order valence-electron chi connectivity index (χ3n) is 4.77. The Kier molecular flexibility index (Phi) is 6.16. The van der Waals surface area contributed by atoms with Crippen molar-refractivity contribution < 1.29 is 24.2 Å². The van der Waals surface area contributed by atoms with Crippen LogP contribution in [-0.4, -0.2) is 35.5 Å². The lowest BCUT2D eigenvalue weighted by Crippen LogP contribution is -2.47. The number of carboxylic acid groups (broad SMARTS) is 1. The summed E-state index contributed by atoms with van der Waals surface area (Å²) < 4.78 is 5.52. The van der Waals surface area contributed by atoms with Gasteiger partial charge in [-0.1, -0.05) is 25.5 Å². The van der Waals surface area contributed by atoms with E-state index in [-0.39, 0.29) is 29.7 Å². The van der Waals surface area contributed by atoms with Crippen LogP contribution in [0.15, 0.2) is 42.5 Å². The molecule has 0 bridgehead atoms. The number of aromatic carboxylic acids is 1. The summed E-state index contributed by atoms with van der Waals surface area (Å²) in [5, 5.41) is 11.9. The molecule has 0 aliphatic carbocycles. The first-order chi connectivity index (χ1) is 13.9. The number of nitrogens with one attached hydrogen (secondary N) is 1. The van der Waals surface area contributed by atoms with Crippen molar-refractivity contribution in [2.24, 2.45) is 0 Å². The van der Waals surface area contributed by atoms with Gasteiger partial charge in [0.05, 0.1) is 11.3 Å². The predicted molar refractivity (Wildman–Crippen MR) is 110 cm³/mol. The van der Waals surface area contributed by atoms with Crippen LogP contribution in [-0.2, 0) is 16.0 Å². The first kappa shape index (κ1) is 20.4. The maximum atomic E-state index is 12.5. The number of ether oxygens (including phenoxy) is 1. The van der Waals surface area contributed by atoms with Crippen LogP contribution in [0.4, 0.5) is 11.4 Å². The van der Waals surface area contributed by atoms with Crippen LogP contribution >= 0.6 is 0 Å². The molecule has 2 aromatic rings. The molecule has 0 saturated heterocycles. The Hall–Kier alpha value is -3.35. The van der Waals surface area contributed by atoms with E-state index >= 15 is 0 Å². The minimum absolute atomic E-state index is 0.0536. The van der Waals surface area contributed by atoms with Crippen LogP contribution in [0, 0.1) is 0 Å². The molecule has 1 heterocycles. The highest BCUT2D eigenvalue weighted by Crippen LogP contribution is 2.34. The number of nitrogens with zero attached hydrogens (tertiary/aromatic N) is 1. The number of carbonyl (C=O) groups excluding carboxylic acids is 2. The van der Waals surface area contributed by atoms with Crippen molar-refractivity contribution in [2.75, 3.05) is 16.8 Å². The van der Waals surface area contributed by atoms with Crippen molar-refractivity contribution in [1.82, 2.24) is 0 Å². The van der Waals surface area contributed by atoms with E-state index in [1.807, 2.05) is 24.3 Å². The Balaban J connectivity index is 1.72. The maximum absolute atomic E-state index is 12.5. The van der Waals surface area contributed by atoms with Crippen LogP contribution in [0.3, 0.4) is 0 Å². The first-order valence-electron chi connectivity index (χ1n) is 9.63. The van der Waals surface area contributed by atoms with Crippen molar-refractivity contribution in [3.8, 4) is 5.75 Å². The summed E-state index contributed by atoms with van der Waals surface area (Å²) in [5.74, 6) is -1.52. The topological polar surface area (TPSA) is 95.9 Å². The van der Waals surface area contributed by atoms with Gasteiger partial charge in [-0.15, -0.1) is 0 Å². The maximum Gasteiger partial charge on any atom is 0.335 e. The molecule has 2 amide bonds. The van der Waals surface area contributed by atoms with Gasteiger partial charge in [-0.05, 0) is 55.7 Å². The van der Waals surface area contributed by atoms with Gasteiger partial charge in [-0.3, -0.25) is 14.5 Å². The zero-order chi connectivity index (χ0) is 21.0. The molecule has 0 fully saturated rings. The fraction of sp³-hybridized carbons (Fsp3) is 0.318. The Bertz CT molecular complexity index is 923. The summed E-state index contributed by atoms with van der Waals surface area (Å²) in [6, 6.07) is 11.9. The second kappa shape index (κ2) is 8.77. The number of rotatable bonds is 7. The van der Waals surface area contributed by atoms with Crippen LogP contribution in [0.5, 0.6) is 5.75 Å². The van der Waals surface area contributed by atoms with Crippen molar-refractivity contribution in [3.05, 3.63) is 53.6 Å². The number of hydrogen-bond acceptors (Lipinski definition) is 4. The van der Waals surface area contributed by atoms with Gasteiger partial charge in [0.25, 0.3) is 5.91 Å². The van der Waals surface area contributed by atoms with E-state index in [0.29, 0.717) is 11.4 Å². The number of amides is 2. The summed E-state index contributed by atoms with van der Waals surface area (Å²) >= 11 is 0. The SMILES string of the molecule is CCCCc1ccc(NC(=O)CN2C(=O)C(C)Oc3cc(C(=O)O)ccc32)cc1. The molecule has 2 aromatic carbocycles. The fourth-order valence-corrected chi connectivity index (χ4v) is 3.19. The molecule has 3 rings (SSSR count). The van der Waals surface area contributed by atoms with E-state index in [0.717, 1.165) is 19.3 Å². The minimum atomic E-state index is -1.09. The molecule has 0 aromatic heterocycles. The number of unbranched alkanes of at least 4 members (excludes halogenated alkanes) is 1. The van der Waals surface area contributed by atoms with E-state index in [2.05, 4.69) is 12.2 Å². The molecule has 1 unspecified atom stereocenters. The molecule has 0 spiro atoms. The van der Waals surface area contributed by atoms with Crippen molar-refractivity contribution >= 4 is 29.2 Å². The molecule has 7 nitrogen and oxygen atoms in total. The number of aryl methyl sites for hydroxylation is 1. The molecule has 2 N–H and O–H groups in total. The molecular formula is C22H24N2O5. The van der Waals surface area contributed by atoms with E-state index in [4.69, 9.17) is 9.84 Å². The van der Waals surface area contributed by atoms with Crippen LogP contribution < -0.4 is 15.0 Å². The van der Waals surface area contributed by atoms with Crippen LogP contribution in [0.25, 0.3) is 0 Å². The number of carbonyl (C=O) groups is 3. The van der Waals surface area contributed by atoms with Crippen LogP contribution in [0.1, 0.15) is 42.6 Å². The zero-order valence-corrected chi connectivity index (χ0v) is 16.5. The van der Waals surface area contributed by atoms with E-state index in [9.17, 15) is 14.4 Å². The third kappa shape index (κ3) is 4.74. The molecule has 7 heteroatoms. The average molecular weight is 396 g/mol. The first-order valence-corrected chi connectivity index (χ1v) is 9.63. The average Bonchev–Trinajstić information content (AvgIpc) is 2.70. The summed E-state index contributed by atoms with van der Waals surface area (Å²) in [5.41, 5.74) is 2.30. The number of benzene rings is 2. The summed E-state index contributed by atoms with van der Waals surface area (Å²) in [4.78, 5) is 37.6. The third-order valence-corrected chi connectivity index (χ3v) is 4.77. The summed E-state index contributed by atoms with van der Waals surface area (Å²) in [7, 11) is 0. The smallest absolute Gasteiger partial charge is 0.335 e. The van der Waals surface area contributed by atoms with Crippen molar-refractivity contribution in [3.63, 3.8) is 0 Å². The van der Waals surface area contributed by atoms with Gasteiger partial charge in [0.1, 0.15) is 12.3 Å². The lowest BCUT2D eigenvalue weighted by molar-refractivity contribution is -0.127. The zero-order valence-electron chi connectivity index (χ0n) is 16.5. The van der Waals surface area contributed by atoms with E-state index in [1.54, 1.807) is 6.92 Å². The van der Waals surface area contributed by atoms with Gasteiger partial charge in [0.15, 0.2) is 6.10 Å². The quantitative estimate of drug-likeness (QED) is 0.747. The number of anilines is 2. The number of hydrogen-bond donors (Lipinski definition) is 2. The highest BCUT2D eigenvalue weighted by molar-refractivity contribution is 6.06. The molecule has 29 heavy (non-hydrogen) atoms. The predicted octanol–water partition coefficient (Wildman–Crippen LogP) is 3.48. The van der Waals surface area contributed by atoms with Gasteiger partial charge in [0, 0.05) is 5.69 Å². The van der Waals surface area contributed by atoms with Crippen LogP contribution in [0.2, 0.25) is 0 Å². The molecule has 0 saturated carbocycles. The Morgan fingerprint density at radius 2 is 1.90 bits per heavy atom. The highest BCUT2D eigenvalue weighted by atomic mass is 16.5. The second-order valence-electron chi connectivity index (χ2n) is 7.02. The monoisotopic (exact) mass is 396 g/mol. The second-order valence-corrected chi connectivity index (χ2v) is 7.02. The Morgan fingerprint density at radius 3 is 2.55 bits per heavy atom. The van der Waals surface area contributed by atoms with Gasteiger partial charge in [0.2, 0.25) is 5.91 Å². The lowest BCUT2D eigenvalue weighted by Gasteiger charge is -2.32. The minimum Gasteiger partial charge on any atom is -0.479 e. The largest absolute Gasteiger partial charge is 0.479 e. The molecule has 1 atom stereocenters. The highest BCUT2D eigenvalue weighted by Gasteiger charge is 2.33. The fourth-order valence-electron chi connectivity index (χ4n) is 3.19. The molecule has 152 valence electrons. The molecule has 0 radical (unpaired) electrons. The Labute approximate surface area is 169 Å². The van der Waals surface area contributed by atoms with Crippen molar-refractivity contribution in [1.29, 1.82) is 0 Å². The van der Waals surface area contributed by atoms with E-state index < -0.39 is 12.1 Å². The normalized spacial score (nSPS) is 15.4. The lowest BCUT2D eigenvalue weighted by atomic mass is 10.1. The van der Waals surface area contributed by atoms with E-state index in [1.165, 1.54) is 28.7 Å². The van der Waals surface area contributed by atoms with Crippen molar-refractivity contribution in [2.45, 2.75) is 39.2 Å². The number of fused-ring (bicyclic) bond motifs is 1. The van der Waals surface area contributed by atoms with Gasteiger partial charge in [-0.2, -0.15) is 0 Å². The van der Waals surface area contributed by atoms with Gasteiger partial charge >= 0.3 is 5.97 Å². The standard InChI is InChI=1S/C22H24N2O5/c1-3-4-5-15-6-9-17(10-7-15)23-20(25)13-24-18-11-8-16(22(27)28)12-19(18)29-14(2)21(24)26/h6-12,14H,3-5,13H2,1-2H3,(H,23,25)(H,27,28). The molecular weight excluding hydrogens is 372 g/mol. The Morgan fingerprint density at radius 1 is 1.17 bits per heavy atom. The van der Waals surface area contributed by atoms with Gasteiger partial charge < -0.3 is 15.2 Å². The van der Waals surface area contributed by atoms with Gasteiger partial charge in [-0.25, -0.2) is 4.79 Å². The molecule has 1 aliphatic rings.